The van der Waals surface area contributed by atoms with Crippen molar-refractivity contribution >= 4 is 41.0 Å². The average Bonchev–Trinajstić information content (AvgIpc) is 2.53. The highest BCUT2D eigenvalue weighted by Gasteiger charge is 2.39. The van der Waals surface area contributed by atoms with Gasteiger partial charge < -0.3 is 10.2 Å². The molecule has 0 aliphatic carbocycles. The SMILES string of the molecule is C[NH+](C)CCN=CC1C(=O)NC(=S)N(c2cccc(C(F)(F)F)c2)C1=O. The summed E-state index contributed by atoms with van der Waals surface area (Å²) in [4.78, 5) is 30.8. The Labute approximate surface area is 153 Å². The molecule has 1 aliphatic heterocycles. The van der Waals surface area contributed by atoms with Gasteiger partial charge in [-0.05, 0) is 30.4 Å². The van der Waals surface area contributed by atoms with Crippen molar-refractivity contribution in [3.8, 4) is 0 Å². The van der Waals surface area contributed by atoms with Crippen molar-refractivity contribution in [2.24, 2.45) is 10.9 Å². The van der Waals surface area contributed by atoms with Crippen molar-refractivity contribution in [3.05, 3.63) is 29.8 Å². The Bertz CT molecular complexity index is 749. The van der Waals surface area contributed by atoms with Crippen molar-refractivity contribution in [3.63, 3.8) is 0 Å². The Morgan fingerprint density at radius 3 is 2.65 bits per heavy atom. The van der Waals surface area contributed by atoms with Crippen LogP contribution in [0.2, 0.25) is 0 Å². The van der Waals surface area contributed by atoms with Crippen LogP contribution in [0, 0.1) is 5.92 Å². The molecular formula is C16H18F3N4O2S+. The molecule has 6 nitrogen and oxygen atoms in total. The maximum atomic E-state index is 12.9. The van der Waals surface area contributed by atoms with E-state index in [1.165, 1.54) is 18.3 Å². The Morgan fingerprint density at radius 2 is 2.04 bits per heavy atom. The summed E-state index contributed by atoms with van der Waals surface area (Å²) in [6.45, 7) is 1.11. The molecule has 1 heterocycles. The van der Waals surface area contributed by atoms with Crippen molar-refractivity contribution in [2.45, 2.75) is 6.18 Å². The largest absolute Gasteiger partial charge is 0.416 e. The van der Waals surface area contributed by atoms with Crippen molar-refractivity contribution in [1.82, 2.24) is 5.32 Å². The fourth-order valence-corrected chi connectivity index (χ4v) is 2.55. The molecule has 1 saturated heterocycles. The zero-order valence-corrected chi connectivity index (χ0v) is 14.9. The van der Waals surface area contributed by atoms with Crippen LogP contribution in [0.4, 0.5) is 18.9 Å². The van der Waals surface area contributed by atoms with E-state index in [0.29, 0.717) is 13.1 Å². The lowest BCUT2D eigenvalue weighted by molar-refractivity contribution is -0.856. The highest BCUT2D eigenvalue weighted by atomic mass is 32.1. The molecule has 1 aromatic rings. The van der Waals surface area contributed by atoms with Gasteiger partial charge in [0.2, 0.25) is 5.91 Å². The number of alkyl halides is 3. The van der Waals surface area contributed by atoms with Gasteiger partial charge in [0.05, 0.1) is 38.4 Å². The van der Waals surface area contributed by atoms with Gasteiger partial charge in [0.15, 0.2) is 11.0 Å². The molecule has 2 amide bonds. The van der Waals surface area contributed by atoms with Crippen LogP contribution < -0.4 is 15.1 Å². The summed E-state index contributed by atoms with van der Waals surface area (Å²) in [5.41, 5.74) is -0.979. The lowest BCUT2D eigenvalue weighted by Gasteiger charge is -2.31. The molecule has 1 atom stereocenters. The molecule has 1 fully saturated rings. The first kappa shape index (κ1) is 20.0. The van der Waals surface area contributed by atoms with E-state index in [-0.39, 0.29) is 10.8 Å². The van der Waals surface area contributed by atoms with Gasteiger partial charge >= 0.3 is 6.18 Å². The number of hydrogen-bond donors (Lipinski definition) is 2. The number of quaternary nitrogens is 1. The number of anilines is 1. The summed E-state index contributed by atoms with van der Waals surface area (Å²) in [7, 11) is 3.86. The number of nitrogens with zero attached hydrogens (tertiary/aromatic N) is 2. The average molecular weight is 387 g/mol. The van der Waals surface area contributed by atoms with Crippen molar-refractivity contribution in [1.29, 1.82) is 0 Å². The molecular weight excluding hydrogens is 369 g/mol. The Hall–Kier alpha value is -2.33. The number of benzene rings is 1. The number of amides is 2. The van der Waals surface area contributed by atoms with Crippen LogP contribution in [0.5, 0.6) is 0 Å². The maximum absolute atomic E-state index is 12.9. The van der Waals surface area contributed by atoms with Crippen LogP contribution >= 0.6 is 12.2 Å². The van der Waals surface area contributed by atoms with Gasteiger partial charge in [0, 0.05) is 6.21 Å². The van der Waals surface area contributed by atoms with Gasteiger partial charge in [0.1, 0.15) is 0 Å². The monoisotopic (exact) mass is 387 g/mol. The number of hydrogen-bond acceptors (Lipinski definition) is 4. The fourth-order valence-electron chi connectivity index (χ4n) is 2.26. The van der Waals surface area contributed by atoms with Crippen LogP contribution in [0.1, 0.15) is 5.56 Å². The van der Waals surface area contributed by atoms with Gasteiger partial charge in [-0.15, -0.1) is 0 Å². The highest BCUT2D eigenvalue weighted by Crippen LogP contribution is 2.32. The summed E-state index contributed by atoms with van der Waals surface area (Å²) in [6.07, 6.45) is -3.35. The molecule has 1 aliphatic rings. The van der Waals surface area contributed by atoms with Crippen LogP contribution in [0.3, 0.4) is 0 Å². The van der Waals surface area contributed by atoms with Gasteiger partial charge in [-0.25, -0.2) is 0 Å². The van der Waals surface area contributed by atoms with Crippen LogP contribution in [-0.4, -0.2) is 50.3 Å². The van der Waals surface area contributed by atoms with E-state index in [0.717, 1.165) is 21.9 Å². The number of aliphatic imine (C=N–C) groups is 1. The van der Waals surface area contributed by atoms with Crippen LogP contribution in [0.25, 0.3) is 0 Å². The second-order valence-corrected chi connectivity index (χ2v) is 6.39. The van der Waals surface area contributed by atoms with E-state index in [9.17, 15) is 22.8 Å². The lowest BCUT2D eigenvalue weighted by atomic mass is 10.1. The van der Waals surface area contributed by atoms with Gasteiger partial charge in [-0.2, -0.15) is 13.2 Å². The normalized spacial score (nSPS) is 18.8. The second-order valence-electron chi connectivity index (χ2n) is 6.01. The number of likely N-dealkylation sites (N-methyl/N-ethyl adjacent to an activating group) is 1. The number of halogens is 3. The van der Waals surface area contributed by atoms with E-state index >= 15 is 0 Å². The molecule has 0 radical (unpaired) electrons. The first-order valence-electron chi connectivity index (χ1n) is 7.76. The second kappa shape index (κ2) is 7.92. The molecule has 140 valence electrons. The third kappa shape index (κ3) is 4.64. The summed E-state index contributed by atoms with van der Waals surface area (Å²) in [5.74, 6) is -2.63. The lowest BCUT2D eigenvalue weighted by Crippen LogP contribution is -3.06. The van der Waals surface area contributed by atoms with E-state index < -0.39 is 29.5 Å². The van der Waals surface area contributed by atoms with Gasteiger partial charge in [-0.3, -0.25) is 19.5 Å². The van der Waals surface area contributed by atoms with Crippen LogP contribution in [-0.2, 0) is 15.8 Å². The first-order chi connectivity index (χ1) is 12.1. The zero-order valence-electron chi connectivity index (χ0n) is 14.1. The van der Waals surface area contributed by atoms with E-state index in [4.69, 9.17) is 12.2 Å². The predicted octanol–water partition coefficient (Wildman–Crippen LogP) is 0.285. The molecule has 2 N–H and O–H groups in total. The molecule has 1 unspecified atom stereocenters. The predicted molar refractivity (Wildman–Crippen MR) is 94.2 cm³/mol. The Morgan fingerprint density at radius 1 is 1.35 bits per heavy atom. The van der Waals surface area contributed by atoms with Crippen molar-refractivity contribution in [2.75, 3.05) is 32.1 Å². The summed E-state index contributed by atoms with van der Waals surface area (Å²) in [6, 6.07) is 4.20. The van der Waals surface area contributed by atoms with Gasteiger partial charge in [0.25, 0.3) is 5.91 Å². The molecule has 0 aromatic heterocycles. The smallest absolute Gasteiger partial charge is 0.338 e. The Kier molecular flexibility index (Phi) is 6.09. The highest BCUT2D eigenvalue weighted by molar-refractivity contribution is 7.80. The summed E-state index contributed by atoms with van der Waals surface area (Å²) < 4.78 is 38.7. The maximum Gasteiger partial charge on any atom is 0.416 e. The standard InChI is InChI=1S/C16H17F3N4O2S/c1-22(2)7-6-20-9-12-13(24)21-15(26)23(14(12)25)11-5-3-4-10(8-11)16(17,18)19/h3-5,8-9,12H,6-7H2,1-2H3,(H,21,24,26)/p+1. The quantitative estimate of drug-likeness (QED) is 0.434. The molecule has 0 bridgehead atoms. The van der Waals surface area contributed by atoms with E-state index in [1.54, 1.807) is 0 Å². The number of rotatable bonds is 5. The molecule has 0 saturated carbocycles. The first-order valence-corrected chi connectivity index (χ1v) is 8.17. The number of carbonyl (C=O) groups is 2. The van der Waals surface area contributed by atoms with Crippen molar-refractivity contribution < 1.29 is 27.7 Å². The minimum Gasteiger partial charge on any atom is -0.338 e. The molecule has 0 spiro atoms. The molecule has 26 heavy (non-hydrogen) atoms. The number of nitrogens with one attached hydrogen (secondary N) is 2. The zero-order chi connectivity index (χ0) is 19.5. The minimum absolute atomic E-state index is 0.0639. The molecule has 10 heteroatoms. The number of thiocarbonyl (C=S) groups is 1. The van der Waals surface area contributed by atoms with E-state index in [2.05, 4.69) is 10.3 Å². The van der Waals surface area contributed by atoms with E-state index in [1.807, 2.05) is 14.1 Å². The summed E-state index contributed by atoms with van der Waals surface area (Å²) in [5, 5.41) is 2.07. The Balaban J connectivity index is 2.27. The summed E-state index contributed by atoms with van der Waals surface area (Å²) >= 11 is 4.97. The molecule has 1 aromatic carbocycles. The van der Waals surface area contributed by atoms with Gasteiger partial charge in [-0.1, -0.05) is 6.07 Å². The van der Waals surface area contributed by atoms with Crippen LogP contribution in [0.15, 0.2) is 29.3 Å². The third-order valence-corrected chi connectivity index (χ3v) is 3.91. The topological polar surface area (TPSA) is 66.2 Å². The minimum atomic E-state index is -4.56. The molecule has 2 rings (SSSR count). The number of carbonyl (C=O) groups excluding carboxylic acids is 2. The third-order valence-electron chi connectivity index (χ3n) is 3.63. The fraction of sp³-hybridized carbons (Fsp3) is 0.375.